The number of ether oxygens (including phenoxy) is 1. The molecule has 2 saturated heterocycles. The minimum absolute atomic E-state index is 0.0295. The molecule has 2 aliphatic rings. The number of thioether (sulfide) groups is 1. The predicted octanol–water partition coefficient (Wildman–Crippen LogP) is 5.59. The first-order valence-corrected chi connectivity index (χ1v) is 17.4. The van der Waals surface area contributed by atoms with Crippen LogP contribution in [0.3, 0.4) is 0 Å². The first-order chi connectivity index (χ1) is 21.1. The molecule has 0 bridgehead atoms. The molecule has 0 aliphatic carbocycles. The fraction of sp³-hybridized carbons (Fsp3) is 0.406. The van der Waals surface area contributed by atoms with Gasteiger partial charge in [-0.3, -0.25) is 9.36 Å². The summed E-state index contributed by atoms with van der Waals surface area (Å²) in [5.41, 5.74) is 2.25. The zero-order chi connectivity index (χ0) is 31.0. The van der Waals surface area contributed by atoms with Gasteiger partial charge in [0.05, 0.1) is 15.7 Å². The molecule has 1 unspecified atom stereocenters. The maximum atomic E-state index is 15.5. The first kappa shape index (κ1) is 30.7. The summed E-state index contributed by atoms with van der Waals surface area (Å²) in [6.45, 7) is 6.56. The van der Waals surface area contributed by atoms with Gasteiger partial charge in [0, 0.05) is 66.2 Å². The third kappa shape index (κ3) is 6.13. The van der Waals surface area contributed by atoms with Gasteiger partial charge < -0.3 is 15.0 Å². The highest BCUT2D eigenvalue weighted by molar-refractivity contribution is 7.99. The van der Waals surface area contributed by atoms with E-state index in [0.29, 0.717) is 48.3 Å². The lowest BCUT2D eigenvalue weighted by molar-refractivity contribution is 0.0983. The summed E-state index contributed by atoms with van der Waals surface area (Å²) in [7, 11) is -1.58. The SMILES string of the molecule is CC(C)n1c(=O)c(-c2ccc(S(=O)(=O)C3CCOCC3)cc2F)cc2cnc(Nc3ccc(C4CN(C)CCS4)cc3)nc21. The van der Waals surface area contributed by atoms with Crippen molar-refractivity contribution in [3.05, 3.63) is 76.5 Å². The molecule has 1 N–H and O–H groups in total. The van der Waals surface area contributed by atoms with Gasteiger partial charge in [-0.05, 0) is 75.7 Å². The van der Waals surface area contributed by atoms with Crippen molar-refractivity contribution in [2.75, 3.05) is 44.4 Å². The zero-order valence-corrected chi connectivity index (χ0v) is 26.6. The number of hydrogen-bond acceptors (Lipinski definition) is 9. The molecule has 232 valence electrons. The Morgan fingerprint density at radius 2 is 1.82 bits per heavy atom. The second-order valence-corrected chi connectivity index (χ2v) is 15.2. The highest BCUT2D eigenvalue weighted by Crippen LogP contribution is 2.34. The minimum Gasteiger partial charge on any atom is -0.381 e. The van der Waals surface area contributed by atoms with Crippen LogP contribution in [-0.4, -0.2) is 72.2 Å². The Hall–Kier alpha value is -3.32. The van der Waals surface area contributed by atoms with Gasteiger partial charge >= 0.3 is 0 Å². The van der Waals surface area contributed by atoms with E-state index in [-0.39, 0.29) is 22.1 Å². The number of halogens is 1. The summed E-state index contributed by atoms with van der Waals surface area (Å²) in [4.78, 5) is 25.2. The second-order valence-electron chi connectivity index (χ2n) is 11.7. The second kappa shape index (κ2) is 12.6. The summed E-state index contributed by atoms with van der Waals surface area (Å²) in [6, 6.07) is 13.3. The monoisotopic (exact) mass is 637 g/mol. The molecule has 2 aromatic carbocycles. The summed E-state index contributed by atoms with van der Waals surface area (Å²) in [6.07, 6.45) is 2.35. The van der Waals surface area contributed by atoms with Crippen molar-refractivity contribution in [2.24, 2.45) is 0 Å². The maximum Gasteiger partial charge on any atom is 0.260 e. The number of sulfone groups is 1. The van der Waals surface area contributed by atoms with Crippen molar-refractivity contribution in [1.82, 2.24) is 19.4 Å². The fourth-order valence-corrected chi connectivity index (χ4v) is 8.95. The Morgan fingerprint density at radius 1 is 1.07 bits per heavy atom. The minimum atomic E-state index is -3.72. The van der Waals surface area contributed by atoms with Crippen LogP contribution in [0.25, 0.3) is 22.2 Å². The number of anilines is 2. The van der Waals surface area contributed by atoms with E-state index in [4.69, 9.17) is 4.74 Å². The standard InChI is InChI=1S/C32H36FN5O4S2/c1-20(2)38-30-22(18-34-32(36-30)35-23-6-4-21(5-7-23)29-19-37(3)12-15-43-29)16-27(31(38)39)26-9-8-25(17-28(26)33)44(40,41)24-10-13-42-14-11-24/h4-9,16-18,20,24,29H,10-15,19H2,1-3H3,(H,34,35,36). The Labute approximate surface area is 260 Å². The van der Waals surface area contributed by atoms with Crippen LogP contribution < -0.4 is 10.9 Å². The molecule has 2 fully saturated rings. The van der Waals surface area contributed by atoms with Crippen molar-refractivity contribution in [1.29, 1.82) is 0 Å². The molecule has 0 spiro atoms. The van der Waals surface area contributed by atoms with E-state index in [1.165, 1.54) is 22.3 Å². The molecule has 0 saturated carbocycles. The van der Waals surface area contributed by atoms with Crippen LogP contribution in [0.2, 0.25) is 0 Å². The van der Waals surface area contributed by atoms with Gasteiger partial charge in [0.1, 0.15) is 11.5 Å². The average Bonchev–Trinajstić information content (AvgIpc) is 3.01. The third-order valence-electron chi connectivity index (χ3n) is 8.26. The third-order valence-corrected chi connectivity index (χ3v) is 11.8. The van der Waals surface area contributed by atoms with Crippen molar-refractivity contribution in [3.63, 3.8) is 0 Å². The van der Waals surface area contributed by atoms with Crippen LogP contribution in [0.5, 0.6) is 0 Å². The van der Waals surface area contributed by atoms with Gasteiger partial charge in [-0.15, -0.1) is 0 Å². The van der Waals surface area contributed by atoms with Crippen LogP contribution in [0.15, 0.2) is 64.4 Å². The van der Waals surface area contributed by atoms with Crippen LogP contribution in [0.1, 0.15) is 43.5 Å². The van der Waals surface area contributed by atoms with E-state index in [1.807, 2.05) is 37.7 Å². The summed E-state index contributed by atoms with van der Waals surface area (Å²) >= 11 is 1.97. The number of aromatic nitrogens is 3. The summed E-state index contributed by atoms with van der Waals surface area (Å²) in [5.74, 6) is 0.681. The summed E-state index contributed by atoms with van der Waals surface area (Å²) in [5, 5.41) is 3.63. The molecule has 2 aliphatic heterocycles. The van der Waals surface area contributed by atoms with Crippen LogP contribution in [0.4, 0.5) is 16.0 Å². The largest absolute Gasteiger partial charge is 0.381 e. The normalized spacial score (nSPS) is 18.6. The highest BCUT2D eigenvalue weighted by Gasteiger charge is 2.30. The number of nitrogens with one attached hydrogen (secondary N) is 1. The van der Waals surface area contributed by atoms with Gasteiger partial charge in [0.25, 0.3) is 5.56 Å². The number of hydrogen-bond donors (Lipinski definition) is 1. The number of pyridine rings is 1. The maximum absolute atomic E-state index is 15.5. The van der Waals surface area contributed by atoms with E-state index in [1.54, 1.807) is 12.3 Å². The van der Waals surface area contributed by atoms with E-state index in [0.717, 1.165) is 30.6 Å². The molecule has 0 radical (unpaired) electrons. The van der Waals surface area contributed by atoms with Gasteiger partial charge in [-0.2, -0.15) is 16.7 Å². The molecule has 6 rings (SSSR count). The Bertz CT molecular complexity index is 1840. The van der Waals surface area contributed by atoms with Crippen molar-refractivity contribution >= 4 is 44.3 Å². The van der Waals surface area contributed by atoms with Crippen LogP contribution >= 0.6 is 11.8 Å². The molecule has 2 aromatic heterocycles. The average molecular weight is 638 g/mol. The lowest BCUT2D eigenvalue weighted by Crippen LogP contribution is -2.30. The molecule has 44 heavy (non-hydrogen) atoms. The first-order valence-electron chi connectivity index (χ1n) is 14.8. The molecule has 0 amide bonds. The van der Waals surface area contributed by atoms with E-state index in [9.17, 15) is 13.2 Å². The molecule has 1 atom stereocenters. The zero-order valence-electron chi connectivity index (χ0n) is 25.0. The molecular weight excluding hydrogens is 602 g/mol. The van der Waals surface area contributed by atoms with Gasteiger partial charge in [-0.1, -0.05) is 12.1 Å². The molecule has 12 heteroatoms. The van der Waals surface area contributed by atoms with E-state index in [2.05, 4.69) is 39.4 Å². The van der Waals surface area contributed by atoms with E-state index >= 15 is 4.39 Å². The Morgan fingerprint density at radius 3 is 2.50 bits per heavy atom. The lowest BCUT2D eigenvalue weighted by atomic mass is 10.0. The van der Waals surface area contributed by atoms with Crippen molar-refractivity contribution in [3.8, 4) is 11.1 Å². The number of benzene rings is 2. The smallest absolute Gasteiger partial charge is 0.260 e. The molecule has 4 aromatic rings. The van der Waals surface area contributed by atoms with Crippen molar-refractivity contribution < 1.29 is 17.5 Å². The van der Waals surface area contributed by atoms with E-state index < -0.39 is 26.5 Å². The number of nitrogens with zero attached hydrogens (tertiary/aromatic N) is 4. The molecule has 4 heterocycles. The topological polar surface area (TPSA) is 106 Å². The number of likely N-dealkylation sites (N-methyl/N-ethyl adjacent to an activating group) is 1. The molecular formula is C32H36FN5O4S2. The highest BCUT2D eigenvalue weighted by atomic mass is 32.2. The quantitative estimate of drug-likeness (QED) is 0.277. The van der Waals surface area contributed by atoms with Gasteiger partial charge in [0.15, 0.2) is 9.84 Å². The number of rotatable bonds is 7. The molecule has 9 nitrogen and oxygen atoms in total. The van der Waals surface area contributed by atoms with Gasteiger partial charge in [0.2, 0.25) is 5.95 Å². The van der Waals surface area contributed by atoms with Crippen molar-refractivity contribution in [2.45, 2.75) is 48.1 Å². The fourth-order valence-electron chi connectivity index (χ4n) is 5.81. The lowest BCUT2D eigenvalue weighted by Gasteiger charge is -2.29. The van der Waals surface area contributed by atoms with Gasteiger partial charge in [-0.25, -0.2) is 17.8 Å². The Balaban J connectivity index is 1.30. The summed E-state index contributed by atoms with van der Waals surface area (Å²) < 4.78 is 48.6. The predicted molar refractivity (Wildman–Crippen MR) is 173 cm³/mol. The Kier molecular flexibility index (Phi) is 8.78. The number of fused-ring (bicyclic) bond motifs is 1. The van der Waals surface area contributed by atoms with Crippen LogP contribution in [0, 0.1) is 5.82 Å². The van der Waals surface area contributed by atoms with Crippen LogP contribution in [-0.2, 0) is 14.6 Å².